The number of rotatable bonds is 7. The first-order chi connectivity index (χ1) is 10.8. The molecule has 1 aromatic carbocycles. The van der Waals surface area contributed by atoms with Crippen LogP contribution in [-0.2, 0) is 6.42 Å². The van der Waals surface area contributed by atoms with Crippen molar-refractivity contribution in [3.8, 4) is 0 Å². The first-order valence-corrected chi connectivity index (χ1v) is 8.82. The third-order valence-corrected chi connectivity index (χ3v) is 4.23. The van der Waals surface area contributed by atoms with Crippen LogP contribution in [-0.4, -0.2) is 25.6 Å². The molecule has 1 aromatic heterocycles. The van der Waals surface area contributed by atoms with Crippen molar-refractivity contribution in [2.24, 2.45) is 4.99 Å². The Labute approximate surface area is 160 Å². The summed E-state index contributed by atoms with van der Waals surface area (Å²) in [5.41, 5.74) is 2.71. The number of benzene rings is 1. The number of hydrogen-bond donors (Lipinski definition) is 2. The fourth-order valence-electron chi connectivity index (χ4n) is 2.20. The number of hydrogen-bond acceptors (Lipinski definition) is 2. The SMILES string of the molecule is CCNC(=NCC(C)c1ccsc1)NCCc1ccccc1.I. The standard InChI is InChI=1S/C18H25N3S.HI/c1-3-19-18(20-11-9-16-7-5-4-6-8-16)21-13-15(2)17-10-12-22-14-17;/h4-8,10,12,14-15H,3,9,11,13H2,1-2H3,(H2,19,20,21);1H. The number of aliphatic imine (C=N–C) groups is 1. The van der Waals surface area contributed by atoms with E-state index in [9.17, 15) is 0 Å². The molecule has 0 saturated heterocycles. The predicted molar refractivity (Wildman–Crippen MR) is 112 cm³/mol. The summed E-state index contributed by atoms with van der Waals surface area (Å²) in [5, 5.41) is 11.1. The van der Waals surface area contributed by atoms with Gasteiger partial charge in [-0.25, -0.2) is 0 Å². The highest BCUT2D eigenvalue weighted by atomic mass is 127. The van der Waals surface area contributed by atoms with Crippen LogP contribution in [0.3, 0.4) is 0 Å². The maximum atomic E-state index is 4.70. The number of halogens is 1. The number of thiophene rings is 1. The molecule has 23 heavy (non-hydrogen) atoms. The third kappa shape index (κ3) is 7.35. The van der Waals surface area contributed by atoms with Crippen LogP contribution in [0, 0.1) is 0 Å². The Balaban J connectivity index is 0.00000264. The van der Waals surface area contributed by atoms with E-state index in [-0.39, 0.29) is 24.0 Å². The van der Waals surface area contributed by atoms with Crippen LogP contribution in [0.1, 0.15) is 30.9 Å². The molecule has 0 fully saturated rings. The normalized spacial score (nSPS) is 12.3. The van der Waals surface area contributed by atoms with E-state index in [0.717, 1.165) is 32.0 Å². The van der Waals surface area contributed by atoms with Crippen molar-refractivity contribution in [1.82, 2.24) is 10.6 Å². The first kappa shape index (κ1) is 20.0. The second-order valence-corrected chi connectivity index (χ2v) is 6.12. The molecule has 0 aliphatic heterocycles. The van der Waals surface area contributed by atoms with Crippen LogP contribution in [0.15, 0.2) is 52.2 Å². The molecule has 1 unspecified atom stereocenters. The second kappa shape index (κ2) is 11.5. The van der Waals surface area contributed by atoms with Gasteiger partial charge in [-0.05, 0) is 41.3 Å². The molecule has 0 aliphatic carbocycles. The first-order valence-electron chi connectivity index (χ1n) is 7.87. The lowest BCUT2D eigenvalue weighted by atomic mass is 10.1. The summed E-state index contributed by atoms with van der Waals surface area (Å²) in [6.07, 6.45) is 1.01. The lowest BCUT2D eigenvalue weighted by Gasteiger charge is -2.13. The molecule has 0 radical (unpaired) electrons. The van der Waals surface area contributed by atoms with Gasteiger partial charge in [0.15, 0.2) is 5.96 Å². The van der Waals surface area contributed by atoms with Crippen molar-refractivity contribution in [2.45, 2.75) is 26.2 Å². The van der Waals surface area contributed by atoms with E-state index >= 15 is 0 Å². The van der Waals surface area contributed by atoms with Gasteiger partial charge in [-0.2, -0.15) is 11.3 Å². The van der Waals surface area contributed by atoms with E-state index in [1.165, 1.54) is 11.1 Å². The average Bonchev–Trinajstić information content (AvgIpc) is 3.08. The monoisotopic (exact) mass is 443 g/mol. The molecule has 0 aliphatic rings. The zero-order chi connectivity index (χ0) is 15.6. The maximum absolute atomic E-state index is 4.70. The summed E-state index contributed by atoms with van der Waals surface area (Å²) in [4.78, 5) is 4.70. The Kier molecular flexibility index (Phi) is 9.94. The molecule has 0 spiro atoms. The van der Waals surface area contributed by atoms with Gasteiger partial charge in [0.2, 0.25) is 0 Å². The molecule has 2 rings (SSSR count). The summed E-state index contributed by atoms with van der Waals surface area (Å²) < 4.78 is 0. The number of nitrogens with zero attached hydrogens (tertiary/aromatic N) is 1. The molecule has 0 amide bonds. The van der Waals surface area contributed by atoms with E-state index in [0.29, 0.717) is 5.92 Å². The summed E-state index contributed by atoms with van der Waals surface area (Å²) in [6, 6.07) is 12.7. The molecule has 2 aromatic rings. The van der Waals surface area contributed by atoms with Crippen LogP contribution in [0.2, 0.25) is 0 Å². The topological polar surface area (TPSA) is 36.4 Å². The van der Waals surface area contributed by atoms with Gasteiger partial charge in [-0.3, -0.25) is 4.99 Å². The van der Waals surface area contributed by atoms with Crippen LogP contribution in [0.25, 0.3) is 0 Å². The maximum Gasteiger partial charge on any atom is 0.191 e. The number of nitrogens with one attached hydrogen (secondary N) is 2. The minimum atomic E-state index is 0. The average molecular weight is 443 g/mol. The van der Waals surface area contributed by atoms with Crippen molar-refractivity contribution >= 4 is 41.3 Å². The molecule has 3 nitrogen and oxygen atoms in total. The van der Waals surface area contributed by atoms with Crippen molar-refractivity contribution in [3.63, 3.8) is 0 Å². The van der Waals surface area contributed by atoms with E-state index in [1.54, 1.807) is 11.3 Å². The predicted octanol–water partition coefficient (Wildman–Crippen LogP) is 4.27. The van der Waals surface area contributed by atoms with Gasteiger partial charge >= 0.3 is 0 Å². The molecule has 2 N–H and O–H groups in total. The Bertz CT molecular complexity index is 555. The summed E-state index contributed by atoms with van der Waals surface area (Å²) in [6.45, 7) is 6.89. The van der Waals surface area contributed by atoms with Crippen molar-refractivity contribution in [1.29, 1.82) is 0 Å². The van der Waals surface area contributed by atoms with Crippen LogP contribution in [0.4, 0.5) is 0 Å². The Morgan fingerprint density at radius 1 is 1.17 bits per heavy atom. The van der Waals surface area contributed by atoms with E-state index in [4.69, 9.17) is 4.99 Å². The largest absolute Gasteiger partial charge is 0.357 e. The van der Waals surface area contributed by atoms with Gasteiger partial charge in [0.05, 0.1) is 0 Å². The van der Waals surface area contributed by atoms with E-state index < -0.39 is 0 Å². The van der Waals surface area contributed by atoms with Gasteiger partial charge in [-0.15, -0.1) is 24.0 Å². The van der Waals surface area contributed by atoms with Gasteiger partial charge in [-0.1, -0.05) is 37.3 Å². The highest BCUT2D eigenvalue weighted by molar-refractivity contribution is 14.0. The lowest BCUT2D eigenvalue weighted by Crippen LogP contribution is -2.38. The summed E-state index contributed by atoms with van der Waals surface area (Å²) in [5.74, 6) is 1.36. The van der Waals surface area contributed by atoms with Crippen molar-refractivity contribution < 1.29 is 0 Å². The smallest absolute Gasteiger partial charge is 0.191 e. The highest BCUT2D eigenvalue weighted by Gasteiger charge is 2.05. The zero-order valence-electron chi connectivity index (χ0n) is 13.8. The van der Waals surface area contributed by atoms with Gasteiger partial charge in [0, 0.05) is 25.6 Å². The van der Waals surface area contributed by atoms with Crippen LogP contribution < -0.4 is 10.6 Å². The highest BCUT2D eigenvalue weighted by Crippen LogP contribution is 2.18. The Morgan fingerprint density at radius 2 is 1.96 bits per heavy atom. The van der Waals surface area contributed by atoms with E-state index in [1.807, 2.05) is 6.07 Å². The fourth-order valence-corrected chi connectivity index (χ4v) is 2.98. The minimum absolute atomic E-state index is 0. The Morgan fingerprint density at radius 3 is 2.61 bits per heavy atom. The molecular formula is C18H26IN3S. The van der Waals surface area contributed by atoms with Gasteiger partial charge < -0.3 is 10.6 Å². The second-order valence-electron chi connectivity index (χ2n) is 5.34. The van der Waals surface area contributed by atoms with Crippen LogP contribution in [0.5, 0.6) is 0 Å². The molecule has 1 heterocycles. The molecular weight excluding hydrogens is 417 g/mol. The molecule has 1 atom stereocenters. The zero-order valence-corrected chi connectivity index (χ0v) is 16.9. The fraction of sp³-hybridized carbons (Fsp3) is 0.389. The van der Waals surface area contributed by atoms with Gasteiger partial charge in [0.25, 0.3) is 0 Å². The molecule has 5 heteroatoms. The third-order valence-electron chi connectivity index (χ3n) is 3.53. The number of guanidine groups is 1. The van der Waals surface area contributed by atoms with Crippen molar-refractivity contribution in [3.05, 3.63) is 58.3 Å². The lowest BCUT2D eigenvalue weighted by molar-refractivity contribution is 0.748. The van der Waals surface area contributed by atoms with Crippen molar-refractivity contribution in [2.75, 3.05) is 19.6 Å². The summed E-state index contributed by atoms with van der Waals surface area (Å²) >= 11 is 1.74. The van der Waals surface area contributed by atoms with E-state index in [2.05, 4.69) is 65.6 Å². The quantitative estimate of drug-likeness (QED) is 0.381. The summed E-state index contributed by atoms with van der Waals surface area (Å²) in [7, 11) is 0. The van der Waals surface area contributed by atoms with Gasteiger partial charge in [0.1, 0.15) is 0 Å². The molecule has 0 saturated carbocycles. The van der Waals surface area contributed by atoms with Crippen LogP contribution >= 0.6 is 35.3 Å². The minimum Gasteiger partial charge on any atom is -0.357 e. The molecule has 126 valence electrons. The Hall–Kier alpha value is -1.08. The molecule has 0 bridgehead atoms.